The van der Waals surface area contributed by atoms with Crippen molar-refractivity contribution in [2.24, 2.45) is 0 Å². The molecule has 1 amide bonds. The zero-order chi connectivity index (χ0) is 17.1. The number of nitrogens with one attached hydrogen (secondary N) is 2. The van der Waals surface area contributed by atoms with Crippen molar-refractivity contribution in [3.63, 3.8) is 0 Å². The van der Waals surface area contributed by atoms with Gasteiger partial charge in [0.15, 0.2) is 0 Å². The van der Waals surface area contributed by atoms with Gasteiger partial charge in [-0.25, -0.2) is 0 Å². The van der Waals surface area contributed by atoms with Crippen molar-refractivity contribution in [2.45, 2.75) is 32.6 Å². The molecule has 0 aromatic heterocycles. The molecule has 0 heterocycles. The maximum atomic E-state index is 11.9. The van der Waals surface area contributed by atoms with E-state index in [1.54, 1.807) is 0 Å². The molecule has 0 bridgehead atoms. The third-order valence-electron chi connectivity index (χ3n) is 3.12. The molecule has 6 heteroatoms. The number of carbonyl (C=O) groups excluding carboxylic acids is 1. The second-order valence-electron chi connectivity index (χ2n) is 5.14. The number of anilines is 1. The molecular weight excluding hydrogens is 294 g/mol. The third kappa shape index (κ3) is 7.67. The van der Waals surface area contributed by atoms with Crippen molar-refractivity contribution in [2.75, 3.05) is 11.9 Å². The first kappa shape index (κ1) is 18.2. The second-order valence-corrected chi connectivity index (χ2v) is 5.14. The lowest BCUT2D eigenvalue weighted by Gasteiger charge is -2.05. The molecule has 23 heavy (non-hydrogen) atoms. The van der Waals surface area contributed by atoms with Crippen LogP contribution in [-0.4, -0.2) is 23.5 Å². The highest BCUT2D eigenvalue weighted by Gasteiger charge is 2.07. The molecule has 0 saturated heterocycles. The summed E-state index contributed by atoms with van der Waals surface area (Å²) in [7, 11) is 0. The highest BCUT2D eigenvalue weighted by molar-refractivity contribution is 5.97. The van der Waals surface area contributed by atoms with Gasteiger partial charge in [0.1, 0.15) is 11.6 Å². The molecule has 1 aromatic rings. The number of hydrogen-bond acceptors (Lipinski definition) is 4. The smallest absolute Gasteiger partial charge is 0.303 e. The minimum absolute atomic E-state index is 0.00274. The van der Waals surface area contributed by atoms with Gasteiger partial charge in [0.25, 0.3) is 5.91 Å². The number of hydrogen-bond donors (Lipinski definition) is 3. The van der Waals surface area contributed by atoms with Crippen molar-refractivity contribution in [1.29, 1.82) is 5.26 Å². The van der Waals surface area contributed by atoms with Crippen LogP contribution in [0.2, 0.25) is 0 Å². The normalized spacial score (nSPS) is 10.7. The number of nitrogens with zero attached hydrogens (tertiary/aromatic N) is 1. The highest BCUT2D eigenvalue weighted by atomic mass is 16.4. The van der Waals surface area contributed by atoms with Crippen molar-refractivity contribution in [3.8, 4) is 6.07 Å². The number of benzene rings is 1. The van der Waals surface area contributed by atoms with E-state index >= 15 is 0 Å². The number of nitriles is 1. The highest BCUT2D eigenvalue weighted by Crippen LogP contribution is 2.10. The number of carbonyl (C=O) groups is 2. The Bertz CT molecular complexity index is 618. The standard InChI is InChI=1S/C17H21N3O3/c1-13-6-5-7-15(10-13)20-12-14(11-18)17(23)19-9-4-2-3-8-16(21)22/h5-7,10,12,20H,2-4,8-9H2,1H3,(H,19,23)(H,21,22)/b14-12-. The summed E-state index contributed by atoms with van der Waals surface area (Å²) in [6.07, 6.45) is 3.51. The van der Waals surface area contributed by atoms with E-state index in [1.165, 1.54) is 6.20 Å². The average Bonchev–Trinajstić information content (AvgIpc) is 2.51. The fourth-order valence-corrected chi connectivity index (χ4v) is 1.91. The molecule has 0 spiro atoms. The van der Waals surface area contributed by atoms with Crippen LogP contribution in [0.4, 0.5) is 5.69 Å². The third-order valence-corrected chi connectivity index (χ3v) is 3.12. The summed E-state index contributed by atoms with van der Waals surface area (Å²) in [4.78, 5) is 22.2. The number of aliphatic carboxylic acids is 1. The van der Waals surface area contributed by atoms with E-state index in [1.807, 2.05) is 37.3 Å². The van der Waals surface area contributed by atoms with E-state index in [0.717, 1.165) is 17.7 Å². The lowest BCUT2D eigenvalue weighted by molar-refractivity contribution is -0.137. The van der Waals surface area contributed by atoms with Crippen LogP contribution >= 0.6 is 0 Å². The van der Waals surface area contributed by atoms with Crippen LogP contribution in [-0.2, 0) is 9.59 Å². The Labute approximate surface area is 135 Å². The molecule has 3 N–H and O–H groups in total. The summed E-state index contributed by atoms with van der Waals surface area (Å²) in [5, 5.41) is 23.1. The van der Waals surface area contributed by atoms with E-state index in [4.69, 9.17) is 10.4 Å². The van der Waals surface area contributed by atoms with Crippen LogP contribution < -0.4 is 10.6 Å². The molecule has 0 aliphatic rings. The monoisotopic (exact) mass is 315 g/mol. The topological polar surface area (TPSA) is 102 Å². The second kappa shape index (κ2) is 10.0. The SMILES string of the molecule is Cc1cccc(N/C=C(/C#N)C(=O)NCCCCCC(=O)O)c1. The number of carboxylic acids is 1. The van der Waals surface area contributed by atoms with Crippen LogP contribution in [0.15, 0.2) is 36.0 Å². The van der Waals surface area contributed by atoms with E-state index < -0.39 is 11.9 Å². The fourth-order valence-electron chi connectivity index (χ4n) is 1.91. The summed E-state index contributed by atoms with van der Waals surface area (Å²) >= 11 is 0. The van der Waals surface area contributed by atoms with Gasteiger partial charge in [0.2, 0.25) is 0 Å². The lowest BCUT2D eigenvalue weighted by atomic mass is 10.2. The van der Waals surface area contributed by atoms with Gasteiger partial charge < -0.3 is 15.7 Å². The Balaban J connectivity index is 2.38. The molecule has 1 aromatic carbocycles. The minimum Gasteiger partial charge on any atom is -0.481 e. The van der Waals surface area contributed by atoms with Gasteiger partial charge in [-0.05, 0) is 37.5 Å². The summed E-state index contributed by atoms with van der Waals surface area (Å²) < 4.78 is 0. The van der Waals surface area contributed by atoms with Crippen molar-refractivity contribution >= 4 is 17.6 Å². The Morgan fingerprint density at radius 1 is 1.30 bits per heavy atom. The Morgan fingerprint density at radius 3 is 2.74 bits per heavy atom. The van der Waals surface area contributed by atoms with Crippen molar-refractivity contribution in [3.05, 3.63) is 41.6 Å². The quantitative estimate of drug-likeness (QED) is 0.369. The molecular formula is C17H21N3O3. The molecule has 0 radical (unpaired) electrons. The van der Waals surface area contributed by atoms with Gasteiger partial charge in [-0.3, -0.25) is 9.59 Å². The molecule has 1 rings (SSSR count). The molecule has 6 nitrogen and oxygen atoms in total. The summed E-state index contributed by atoms with van der Waals surface area (Å²) in [6.45, 7) is 2.37. The maximum Gasteiger partial charge on any atom is 0.303 e. The predicted octanol–water partition coefficient (Wildman–Crippen LogP) is 2.58. The lowest BCUT2D eigenvalue weighted by Crippen LogP contribution is -2.26. The Kier molecular flexibility index (Phi) is 7.94. The summed E-state index contributed by atoms with van der Waals surface area (Å²) in [5.74, 6) is -1.25. The maximum absolute atomic E-state index is 11.9. The number of rotatable bonds is 9. The van der Waals surface area contributed by atoms with Crippen LogP contribution in [0.3, 0.4) is 0 Å². The van der Waals surface area contributed by atoms with E-state index in [9.17, 15) is 9.59 Å². The van der Waals surface area contributed by atoms with Crippen LogP contribution in [0.1, 0.15) is 31.2 Å². The molecule has 0 saturated carbocycles. The fraction of sp³-hybridized carbons (Fsp3) is 0.353. The van der Waals surface area contributed by atoms with Crippen LogP contribution in [0.25, 0.3) is 0 Å². The largest absolute Gasteiger partial charge is 0.481 e. The zero-order valence-corrected chi connectivity index (χ0v) is 13.1. The van der Waals surface area contributed by atoms with Gasteiger partial charge in [-0.15, -0.1) is 0 Å². The molecule has 122 valence electrons. The first-order valence-corrected chi connectivity index (χ1v) is 7.46. The molecule has 0 unspecified atom stereocenters. The molecule has 0 aliphatic heterocycles. The van der Waals surface area contributed by atoms with Gasteiger partial charge in [0, 0.05) is 24.9 Å². The number of aryl methyl sites for hydroxylation is 1. The van der Waals surface area contributed by atoms with Gasteiger partial charge in [-0.2, -0.15) is 5.26 Å². The number of unbranched alkanes of at least 4 members (excludes halogenated alkanes) is 2. The van der Waals surface area contributed by atoms with Gasteiger partial charge in [-0.1, -0.05) is 18.6 Å². The predicted molar refractivity (Wildman–Crippen MR) is 87.6 cm³/mol. The zero-order valence-electron chi connectivity index (χ0n) is 13.1. The van der Waals surface area contributed by atoms with E-state index in [-0.39, 0.29) is 12.0 Å². The van der Waals surface area contributed by atoms with Gasteiger partial charge in [0.05, 0.1) is 0 Å². The van der Waals surface area contributed by atoms with E-state index in [0.29, 0.717) is 19.4 Å². The molecule has 0 atom stereocenters. The van der Waals surface area contributed by atoms with Crippen molar-refractivity contribution in [1.82, 2.24) is 5.32 Å². The molecule has 0 aliphatic carbocycles. The number of carboxylic acid groups (broad SMARTS) is 1. The summed E-state index contributed by atoms with van der Waals surface area (Å²) in [5.41, 5.74) is 1.88. The van der Waals surface area contributed by atoms with Crippen LogP contribution in [0.5, 0.6) is 0 Å². The molecule has 0 fully saturated rings. The first-order valence-electron chi connectivity index (χ1n) is 7.46. The Morgan fingerprint density at radius 2 is 2.09 bits per heavy atom. The van der Waals surface area contributed by atoms with Crippen molar-refractivity contribution < 1.29 is 14.7 Å². The van der Waals surface area contributed by atoms with Gasteiger partial charge >= 0.3 is 5.97 Å². The van der Waals surface area contributed by atoms with E-state index in [2.05, 4.69) is 10.6 Å². The number of amides is 1. The minimum atomic E-state index is -0.814. The average molecular weight is 315 g/mol. The first-order chi connectivity index (χ1) is 11.0. The Hall–Kier alpha value is -2.81. The van der Waals surface area contributed by atoms with Crippen LogP contribution in [0, 0.1) is 18.3 Å². The summed E-state index contributed by atoms with van der Waals surface area (Å²) in [6, 6.07) is 9.46.